The van der Waals surface area contributed by atoms with Crippen molar-refractivity contribution in [2.75, 3.05) is 32.6 Å². The van der Waals surface area contributed by atoms with Crippen LogP contribution < -0.4 is 10.1 Å². The first-order chi connectivity index (χ1) is 10.0. The Balaban J connectivity index is 2.11. The summed E-state index contributed by atoms with van der Waals surface area (Å²) in [5.41, 5.74) is -0.133. The number of methoxy groups -OCH3 is 1. The van der Waals surface area contributed by atoms with Gasteiger partial charge in [-0.25, -0.2) is 4.39 Å². The average molecular weight is 297 g/mol. The van der Waals surface area contributed by atoms with E-state index in [0.717, 1.165) is 19.0 Å². The van der Waals surface area contributed by atoms with E-state index in [1.165, 1.54) is 26.0 Å². The highest BCUT2D eigenvalue weighted by Gasteiger charge is 2.22. The van der Waals surface area contributed by atoms with E-state index < -0.39 is 10.7 Å². The lowest BCUT2D eigenvalue weighted by Crippen LogP contribution is -2.40. The molecule has 0 bridgehead atoms. The van der Waals surface area contributed by atoms with Gasteiger partial charge in [-0.05, 0) is 26.4 Å². The molecule has 1 unspecified atom stereocenters. The Morgan fingerprint density at radius 2 is 2.29 bits per heavy atom. The summed E-state index contributed by atoms with van der Waals surface area (Å²) in [6, 6.07) is 2.58. The summed E-state index contributed by atoms with van der Waals surface area (Å²) in [6.45, 7) is 1.65. The third kappa shape index (κ3) is 3.60. The zero-order valence-electron chi connectivity index (χ0n) is 12.3. The number of nitro benzene ring substituents is 1. The van der Waals surface area contributed by atoms with Crippen LogP contribution in [-0.4, -0.2) is 43.1 Å². The van der Waals surface area contributed by atoms with Gasteiger partial charge in [0, 0.05) is 18.7 Å². The SMILES string of the molecule is COc1cc(NCC2CCCCN2C)c(F)cc1[N+](=O)[O-]. The number of halogens is 1. The highest BCUT2D eigenvalue weighted by molar-refractivity contribution is 5.59. The number of benzene rings is 1. The summed E-state index contributed by atoms with van der Waals surface area (Å²) >= 11 is 0. The molecular formula is C14H20FN3O3. The van der Waals surface area contributed by atoms with Crippen LogP contribution in [0.2, 0.25) is 0 Å². The maximum absolute atomic E-state index is 13.9. The van der Waals surface area contributed by atoms with Crippen LogP contribution in [0, 0.1) is 15.9 Å². The normalized spacial score (nSPS) is 19.3. The van der Waals surface area contributed by atoms with Crippen molar-refractivity contribution in [3.05, 3.63) is 28.1 Å². The topological polar surface area (TPSA) is 67.6 Å². The Morgan fingerprint density at radius 1 is 1.52 bits per heavy atom. The Hall–Kier alpha value is -1.89. The molecule has 1 aliphatic heterocycles. The molecule has 1 saturated heterocycles. The minimum absolute atomic E-state index is 0.0564. The zero-order chi connectivity index (χ0) is 15.4. The van der Waals surface area contributed by atoms with Gasteiger partial charge in [0.15, 0.2) is 11.6 Å². The second-order valence-electron chi connectivity index (χ2n) is 5.27. The van der Waals surface area contributed by atoms with Crippen LogP contribution in [0.4, 0.5) is 15.8 Å². The lowest BCUT2D eigenvalue weighted by molar-refractivity contribution is -0.385. The number of anilines is 1. The Kier molecular flexibility index (Phi) is 4.95. The van der Waals surface area contributed by atoms with E-state index in [9.17, 15) is 14.5 Å². The van der Waals surface area contributed by atoms with E-state index in [-0.39, 0.29) is 17.1 Å². The van der Waals surface area contributed by atoms with E-state index in [2.05, 4.69) is 17.3 Å². The third-order valence-electron chi connectivity index (χ3n) is 3.91. The van der Waals surface area contributed by atoms with E-state index in [4.69, 9.17) is 4.74 Å². The molecule has 7 heteroatoms. The molecule has 1 aromatic carbocycles. The second kappa shape index (κ2) is 6.71. The monoisotopic (exact) mass is 297 g/mol. The van der Waals surface area contributed by atoms with E-state index >= 15 is 0 Å². The molecule has 116 valence electrons. The van der Waals surface area contributed by atoms with E-state index in [0.29, 0.717) is 12.6 Å². The van der Waals surface area contributed by atoms with Gasteiger partial charge in [-0.3, -0.25) is 10.1 Å². The predicted octanol–water partition coefficient (Wildman–Crippen LogP) is 2.64. The minimum Gasteiger partial charge on any atom is -0.490 e. The van der Waals surface area contributed by atoms with Crippen molar-refractivity contribution >= 4 is 11.4 Å². The van der Waals surface area contributed by atoms with Gasteiger partial charge in [0.25, 0.3) is 0 Å². The first-order valence-electron chi connectivity index (χ1n) is 6.99. The lowest BCUT2D eigenvalue weighted by Gasteiger charge is -2.32. The average Bonchev–Trinajstić information content (AvgIpc) is 2.47. The van der Waals surface area contributed by atoms with Gasteiger partial charge in [-0.1, -0.05) is 6.42 Å². The standard InChI is InChI=1S/C14H20FN3O3/c1-17-6-4-3-5-10(17)9-16-12-8-14(21-2)13(18(19)20)7-11(12)15/h7-8,10,16H,3-6,9H2,1-2H3. The zero-order valence-corrected chi connectivity index (χ0v) is 12.3. The fourth-order valence-electron chi connectivity index (χ4n) is 2.61. The number of piperidine rings is 1. The van der Waals surface area contributed by atoms with Crippen molar-refractivity contribution in [2.24, 2.45) is 0 Å². The maximum atomic E-state index is 13.9. The second-order valence-corrected chi connectivity index (χ2v) is 5.27. The predicted molar refractivity (Wildman–Crippen MR) is 78.4 cm³/mol. The van der Waals surface area contributed by atoms with Crippen LogP contribution in [0.15, 0.2) is 12.1 Å². The highest BCUT2D eigenvalue weighted by atomic mass is 19.1. The first kappa shape index (κ1) is 15.5. The quantitative estimate of drug-likeness (QED) is 0.668. The number of nitrogens with zero attached hydrogens (tertiary/aromatic N) is 2. The fourth-order valence-corrected chi connectivity index (χ4v) is 2.61. The molecule has 1 atom stereocenters. The molecule has 0 amide bonds. The van der Waals surface area contributed by atoms with Crippen LogP contribution in [0.3, 0.4) is 0 Å². The molecule has 0 radical (unpaired) electrons. The summed E-state index contributed by atoms with van der Waals surface area (Å²) < 4.78 is 18.9. The van der Waals surface area contributed by atoms with Crippen LogP contribution in [0.25, 0.3) is 0 Å². The van der Waals surface area contributed by atoms with E-state index in [1.807, 2.05) is 0 Å². The van der Waals surface area contributed by atoms with Crippen molar-refractivity contribution in [1.29, 1.82) is 0 Å². The smallest absolute Gasteiger partial charge is 0.313 e. The van der Waals surface area contributed by atoms with Crippen molar-refractivity contribution in [3.63, 3.8) is 0 Å². The fraction of sp³-hybridized carbons (Fsp3) is 0.571. The van der Waals surface area contributed by atoms with Crippen molar-refractivity contribution < 1.29 is 14.1 Å². The minimum atomic E-state index is -0.652. The number of ether oxygens (including phenoxy) is 1. The van der Waals surface area contributed by atoms with Crippen LogP contribution in [0.1, 0.15) is 19.3 Å². The summed E-state index contributed by atoms with van der Waals surface area (Å²) in [5.74, 6) is -0.582. The number of hydrogen-bond acceptors (Lipinski definition) is 5. The number of hydrogen-bond donors (Lipinski definition) is 1. The molecule has 1 aromatic rings. The molecule has 0 saturated carbocycles. The van der Waals surface area contributed by atoms with Crippen LogP contribution >= 0.6 is 0 Å². The number of likely N-dealkylation sites (N-methyl/N-ethyl adjacent to an activating group) is 1. The largest absolute Gasteiger partial charge is 0.490 e. The Bertz CT molecular complexity index is 524. The molecule has 0 aromatic heterocycles. The van der Waals surface area contributed by atoms with Gasteiger partial charge in [0.05, 0.1) is 23.8 Å². The summed E-state index contributed by atoms with van der Waals surface area (Å²) in [4.78, 5) is 12.4. The van der Waals surface area contributed by atoms with Crippen LogP contribution in [-0.2, 0) is 0 Å². The molecule has 6 nitrogen and oxygen atoms in total. The number of nitrogens with one attached hydrogen (secondary N) is 1. The van der Waals surface area contributed by atoms with Gasteiger partial charge in [-0.2, -0.15) is 0 Å². The van der Waals surface area contributed by atoms with Gasteiger partial charge in [-0.15, -0.1) is 0 Å². The van der Waals surface area contributed by atoms with Crippen molar-refractivity contribution in [1.82, 2.24) is 4.90 Å². The molecule has 0 aliphatic carbocycles. The van der Waals surface area contributed by atoms with Gasteiger partial charge >= 0.3 is 5.69 Å². The van der Waals surface area contributed by atoms with E-state index in [1.54, 1.807) is 0 Å². The van der Waals surface area contributed by atoms with Crippen molar-refractivity contribution in [3.8, 4) is 5.75 Å². The first-order valence-corrected chi connectivity index (χ1v) is 6.99. The number of likely N-dealkylation sites (tertiary alicyclic amines) is 1. The number of rotatable bonds is 5. The molecule has 0 spiro atoms. The lowest BCUT2D eigenvalue weighted by atomic mass is 10.0. The van der Waals surface area contributed by atoms with Gasteiger partial charge in [0.1, 0.15) is 0 Å². The number of nitro groups is 1. The molecule has 1 fully saturated rings. The molecular weight excluding hydrogens is 277 g/mol. The summed E-state index contributed by atoms with van der Waals surface area (Å²) in [5, 5.41) is 13.9. The third-order valence-corrected chi connectivity index (χ3v) is 3.91. The molecule has 1 N–H and O–H groups in total. The molecule has 21 heavy (non-hydrogen) atoms. The summed E-state index contributed by atoms with van der Waals surface area (Å²) in [6.07, 6.45) is 3.42. The summed E-state index contributed by atoms with van der Waals surface area (Å²) in [7, 11) is 3.39. The maximum Gasteiger partial charge on any atom is 0.313 e. The Morgan fingerprint density at radius 3 is 2.90 bits per heavy atom. The van der Waals surface area contributed by atoms with Gasteiger partial charge < -0.3 is 15.0 Å². The Labute approximate surface area is 123 Å². The van der Waals surface area contributed by atoms with Crippen LogP contribution in [0.5, 0.6) is 5.75 Å². The molecule has 1 heterocycles. The molecule has 1 aliphatic rings. The van der Waals surface area contributed by atoms with Crippen molar-refractivity contribution in [2.45, 2.75) is 25.3 Å². The highest BCUT2D eigenvalue weighted by Crippen LogP contribution is 2.32. The molecule has 2 rings (SSSR count). The van der Waals surface area contributed by atoms with Gasteiger partial charge in [0.2, 0.25) is 0 Å².